The van der Waals surface area contributed by atoms with Crippen LogP contribution in [0.1, 0.15) is 0 Å². The third kappa shape index (κ3) is 67.1. The Labute approximate surface area is 86.7 Å². The van der Waals surface area contributed by atoms with Crippen molar-refractivity contribution < 1.29 is 19.2 Å². The van der Waals surface area contributed by atoms with E-state index in [1.165, 1.54) is 0 Å². The molecule has 0 amide bonds. The van der Waals surface area contributed by atoms with E-state index in [1.54, 1.807) is 0 Å². The molecule has 0 heterocycles. The molecule has 0 radical (unpaired) electrons. The molecule has 0 saturated carbocycles. The Hall–Kier alpha value is 2.14. The maximum absolute atomic E-state index is 8.88. The smallest absolute Gasteiger partial charge is 0.303 e. The normalized spacial score (nSPS) is 8.43. The van der Waals surface area contributed by atoms with E-state index in [4.69, 9.17) is 19.2 Å². The van der Waals surface area contributed by atoms with Gasteiger partial charge in [-0.05, 0) is 0 Å². The first kappa shape index (κ1) is 16.1. The van der Waals surface area contributed by atoms with Crippen LogP contribution in [0.5, 0.6) is 0 Å². The molecule has 7 heteroatoms. The van der Waals surface area contributed by atoms with Crippen LogP contribution in [0.3, 0.4) is 0 Å². The van der Waals surface area contributed by atoms with Crippen LogP contribution in [0.25, 0.3) is 0 Å². The Bertz CT molecular complexity index is 57.8. The van der Waals surface area contributed by atoms with Crippen molar-refractivity contribution in [2.45, 2.75) is 0 Å². The van der Waals surface area contributed by atoms with E-state index >= 15 is 0 Å². The fourth-order valence-electron chi connectivity index (χ4n) is 0. The molecule has 3 N–H and O–H groups in total. The zero-order valence-electron chi connectivity index (χ0n) is 3.61. The van der Waals surface area contributed by atoms with Crippen LogP contribution in [0, 0.1) is 0 Å². The standard InChI is InChI=1S/Ca.Mg.H3O4P/c;;1-5(2,3)4/h;;(H3,1,2,3,4)/q2*+2;. The molecular weight excluding hydrogens is 159 g/mol. The summed E-state index contributed by atoms with van der Waals surface area (Å²) in [5.41, 5.74) is 0. The SMILES string of the molecule is O=P(O)(O)O.[Ca+2].[Mg+2]. The average molecular weight is 162 g/mol. The fourth-order valence-corrected chi connectivity index (χ4v) is 0. The number of phosphoric acid groups is 1. The van der Waals surface area contributed by atoms with Crippen molar-refractivity contribution >= 4 is 68.6 Å². The first-order valence-electron chi connectivity index (χ1n) is 0.783. The van der Waals surface area contributed by atoms with Gasteiger partial charge >= 0.3 is 68.6 Å². The third-order valence-corrected chi connectivity index (χ3v) is 0. The molecule has 0 aromatic carbocycles. The zero-order valence-corrected chi connectivity index (χ0v) is 8.13. The summed E-state index contributed by atoms with van der Waals surface area (Å²) >= 11 is 0. The molecule has 0 rings (SSSR count). The first-order chi connectivity index (χ1) is 2.00. The summed E-state index contributed by atoms with van der Waals surface area (Å²) < 4.78 is 8.88. The van der Waals surface area contributed by atoms with Gasteiger partial charge in [0.1, 0.15) is 0 Å². The molecule has 4 nitrogen and oxygen atoms in total. The monoisotopic (exact) mass is 162 g/mol. The molecule has 0 aliphatic rings. The molecule has 0 aromatic rings. The maximum Gasteiger partial charge on any atom is 2.00 e. The van der Waals surface area contributed by atoms with E-state index in [-0.39, 0.29) is 60.8 Å². The second-order valence-electron chi connectivity index (χ2n) is 0.513. The Kier molecular flexibility index (Phi) is 14.4. The molecule has 0 unspecified atom stereocenters. The molecule has 0 aliphatic carbocycles. The van der Waals surface area contributed by atoms with Crippen LogP contribution < -0.4 is 0 Å². The zero-order chi connectivity index (χ0) is 4.50. The fraction of sp³-hybridized carbons (Fsp3) is 0. The molecule has 32 valence electrons. The molecular formula is H3CaMgO4P+4. The van der Waals surface area contributed by atoms with Crippen LogP contribution >= 0.6 is 7.82 Å². The predicted octanol–water partition coefficient (Wildman–Crippen LogP) is -1.69. The van der Waals surface area contributed by atoms with Crippen molar-refractivity contribution in [1.29, 1.82) is 0 Å². The van der Waals surface area contributed by atoms with Crippen molar-refractivity contribution in [3.8, 4) is 0 Å². The topological polar surface area (TPSA) is 77.8 Å². The van der Waals surface area contributed by atoms with Gasteiger partial charge in [0.05, 0.1) is 0 Å². The Morgan fingerprint density at radius 1 is 1.14 bits per heavy atom. The van der Waals surface area contributed by atoms with Gasteiger partial charge in [0.25, 0.3) is 0 Å². The van der Waals surface area contributed by atoms with E-state index in [1.807, 2.05) is 0 Å². The molecule has 0 atom stereocenters. The maximum atomic E-state index is 8.88. The Morgan fingerprint density at radius 2 is 1.14 bits per heavy atom. The van der Waals surface area contributed by atoms with Gasteiger partial charge in [0, 0.05) is 0 Å². The van der Waals surface area contributed by atoms with Crippen molar-refractivity contribution in [3.05, 3.63) is 0 Å². The first-order valence-corrected chi connectivity index (χ1v) is 2.35. The van der Waals surface area contributed by atoms with Gasteiger partial charge in [-0.15, -0.1) is 0 Å². The third-order valence-electron chi connectivity index (χ3n) is 0. The van der Waals surface area contributed by atoms with Crippen molar-refractivity contribution in [2.75, 3.05) is 0 Å². The van der Waals surface area contributed by atoms with Crippen LogP contribution in [0.4, 0.5) is 0 Å². The van der Waals surface area contributed by atoms with Crippen molar-refractivity contribution in [2.24, 2.45) is 0 Å². The average Bonchev–Trinajstić information content (AvgIpc) is 0.722. The summed E-state index contributed by atoms with van der Waals surface area (Å²) in [4.78, 5) is 21.6. The molecule has 0 bridgehead atoms. The summed E-state index contributed by atoms with van der Waals surface area (Å²) in [6.45, 7) is 0. The second kappa shape index (κ2) is 6.26. The van der Waals surface area contributed by atoms with Gasteiger partial charge in [-0.1, -0.05) is 0 Å². The molecule has 0 fully saturated rings. The van der Waals surface area contributed by atoms with Gasteiger partial charge in [-0.2, -0.15) is 0 Å². The van der Waals surface area contributed by atoms with Crippen LogP contribution in [-0.2, 0) is 4.57 Å². The Morgan fingerprint density at radius 3 is 1.14 bits per heavy atom. The minimum absolute atomic E-state index is 0. The van der Waals surface area contributed by atoms with Crippen LogP contribution in [-0.4, -0.2) is 75.5 Å². The van der Waals surface area contributed by atoms with Gasteiger partial charge in [-0.25, -0.2) is 4.57 Å². The van der Waals surface area contributed by atoms with E-state index in [2.05, 4.69) is 0 Å². The molecule has 0 aliphatic heterocycles. The summed E-state index contributed by atoms with van der Waals surface area (Å²) in [6, 6.07) is 0. The summed E-state index contributed by atoms with van der Waals surface area (Å²) in [7, 11) is -4.64. The van der Waals surface area contributed by atoms with E-state index < -0.39 is 7.82 Å². The second-order valence-corrected chi connectivity index (χ2v) is 1.54. The molecule has 7 heavy (non-hydrogen) atoms. The minimum Gasteiger partial charge on any atom is -0.303 e. The summed E-state index contributed by atoms with van der Waals surface area (Å²) in [6.07, 6.45) is 0. The quantitative estimate of drug-likeness (QED) is 0.293. The van der Waals surface area contributed by atoms with Gasteiger partial charge in [-0.3, -0.25) is 0 Å². The van der Waals surface area contributed by atoms with Crippen molar-refractivity contribution in [1.82, 2.24) is 0 Å². The van der Waals surface area contributed by atoms with E-state index in [0.717, 1.165) is 0 Å². The molecule has 0 saturated heterocycles. The summed E-state index contributed by atoms with van der Waals surface area (Å²) in [5.74, 6) is 0. The van der Waals surface area contributed by atoms with Gasteiger partial charge in [0.15, 0.2) is 0 Å². The van der Waals surface area contributed by atoms with Gasteiger partial charge < -0.3 is 14.7 Å². The molecule has 0 aromatic heterocycles. The number of hydrogen-bond acceptors (Lipinski definition) is 1. The minimum atomic E-state index is -4.64. The van der Waals surface area contributed by atoms with Gasteiger partial charge in [0.2, 0.25) is 0 Å². The molecule has 0 spiro atoms. The predicted molar refractivity (Wildman–Crippen MR) is 25.8 cm³/mol. The number of hydrogen-bond donors (Lipinski definition) is 3. The number of rotatable bonds is 0. The van der Waals surface area contributed by atoms with Crippen molar-refractivity contribution in [3.63, 3.8) is 0 Å². The van der Waals surface area contributed by atoms with E-state index in [9.17, 15) is 0 Å². The Balaban J connectivity index is -0.0000000800. The van der Waals surface area contributed by atoms with Crippen LogP contribution in [0.2, 0.25) is 0 Å². The van der Waals surface area contributed by atoms with Crippen LogP contribution in [0.15, 0.2) is 0 Å². The van der Waals surface area contributed by atoms with E-state index in [0.29, 0.717) is 0 Å². The summed E-state index contributed by atoms with van der Waals surface area (Å²) in [5, 5.41) is 0. The largest absolute Gasteiger partial charge is 2.00 e.